The van der Waals surface area contributed by atoms with Crippen LogP contribution in [0.2, 0.25) is 0 Å². The molecule has 0 aliphatic heterocycles. The number of anilines is 1. The third kappa shape index (κ3) is 2.88. The lowest BCUT2D eigenvalue weighted by molar-refractivity contribution is 0.789. The maximum absolute atomic E-state index is 5.93. The Morgan fingerprint density at radius 2 is 1.76 bits per heavy atom. The molecule has 21 heavy (non-hydrogen) atoms. The number of benzene rings is 2. The summed E-state index contributed by atoms with van der Waals surface area (Å²) < 4.78 is 4.37. The van der Waals surface area contributed by atoms with Gasteiger partial charge < -0.3 is 5.73 Å². The molecule has 0 aliphatic rings. The third-order valence-electron chi connectivity index (χ3n) is 2.86. The molecule has 1 aromatic heterocycles. The van der Waals surface area contributed by atoms with E-state index < -0.39 is 0 Å². The standard InChI is InChI=1S/C13H8Br3N5/c14-8-2-4-12(10(16)6-8)21-13(18-19-20-21)7-1-3-9(15)11(17)5-7/h1-6H,17H2. The van der Waals surface area contributed by atoms with Gasteiger partial charge in [0.2, 0.25) is 0 Å². The van der Waals surface area contributed by atoms with Crippen molar-refractivity contribution in [1.82, 2.24) is 20.2 Å². The summed E-state index contributed by atoms with van der Waals surface area (Å²) in [6, 6.07) is 11.4. The molecule has 5 nitrogen and oxygen atoms in total. The van der Waals surface area contributed by atoms with E-state index >= 15 is 0 Å². The molecule has 106 valence electrons. The smallest absolute Gasteiger partial charge is 0.187 e. The summed E-state index contributed by atoms with van der Waals surface area (Å²) in [5, 5.41) is 11.9. The molecule has 0 spiro atoms. The summed E-state index contributed by atoms with van der Waals surface area (Å²) >= 11 is 10.3. The predicted molar refractivity (Wildman–Crippen MR) is 92.1 cm³/mol. The van der Waals surface area contributed by atoms with E-state index in [9.17, 15) is 0 Å². The van der Waals surface area contributed by atoms with Gasteiger partial charge >= 0.3 is 0 Å². The zero-order chi connectivity index (χ0) is 15.0. The van der Waals surface area contributed by atoms with Crippen molar-refractivity contribution in [3.8, 4) is 17.1 Å². The number of nitrogen functional groups attached to an aromatic ring is 1. The molecular weight excluding hydrogens is 466 g/mol. The average Bonchev–Trinajstić information content (AvgIpc) is 2.91. The second kappa shape index (κ2) is 5.86. The maximum atomic E-state index is 5.93. The quantitative estimate of drug-likeness (QED) is 0.566. The number of halogens is 3. The van der Waals surface area contributed by atoms with Crippen LogP contribution in [0.3, 0.4) is 0 Å². The zero-order valence-corrected chi connectivity index (χ0v) is 15.2. The van der Waals surface area contributed by atoms with E-state index in [1.807, 2.05) is 36.4 Å². The highest BCUT2D eigenvalue weighted by Crippen LogP contribution is 2.30. The number of rotatable bonds is 2. The second-order valence-electron chi connectivity index (χ2n) is 4.25. The Kier molecular flexibility index (Phi) is 4.10. The monoisotopic (exact) mass is 471 g/mol. The van der Waals surface area contributed by atoms with Gasteiger partial charge in [-0.05, 0) is 78.7 Å². The zero-order valence-electron chi connectivity index (χ0n) is 10.5. The van der Waals surface area contributed by atoms with Crippen LogP contribution in [-0.2, 0) is 0 Å². The van der Waals surface area contributed by atoms with Gasteiger partial charge in [0.25, 0.3) is 0 Å². The first-order valence-electron chi connectivity index (χ1n) is 5.85. The van der Waals surface area contributed by atoms with E-state index in [1.54, 1.807) is 4.68 Å². The predicted octanol–water partition coefficient (Wildman–Crippen LogP) is 4.20. The Hall–Kier alpha value is -1.25. The fraction of sp³-hybridized carbons (Fsp3) is 0. The van der Waals surface area contributed by atoms with Crippen LogP contribution >= 0.6 is 47.8 Å². The van der Waals surface area contributed by atoms with Gasteiger partial charge in [0.05, 0.1) is 5.69 Å². The lowest BCUT2D eigenvalue weighted by atomic mass is 10.2. The van der Waals surface area contributed by atoms with E-state index in [2.05, 4.69) is 63.3 Å². The number of nitrogens with two attached hydrogens (primary N) is 1. The van der Waals surface area contributed by atoms with Crippen molar-refractivity contribution in [2.24, 2.45) is 0 Å². The molecule has 8 heteroatoms. The number of hydrogen-bond acceptors (Lipinski definition) is 4. The fourth-order valence-electron chi connectivity index (χ4n) is 1.87. The number of hydrogen-bond donors (Lipinski definition) is 1. The molecule has 2 aromatic carbocycles. The lowest BCUT2D eigenvalue weighted by Gasteiger charge is -2.08. The topological polar surface area (TPSA) is 69.6 Å². The highest BCUT2D eigenvalue weighted by molar-refractivity contribution is 9.11. The molecule has 0 bridgehead atoms. The first kappa shape index (κ1) is 14.7. The minimum atomic E-state index is 0.622. The molecule has 0 saturated heterocycles. The number of aromatic nitrogens is 4. The van der Waals surface area contributed by atoms with E-state index in [0.29, 0.717) is 11.5 Å². The van der Waals surface area contributed by atoms with E-state index in [4.69, 9.17) is 5.73 Å². The Balaban J connectivity index is 2.14. The lowest BCUT2D eigenvalue weighted by Crippen LogP contribution is -2.01. The molecule has 0 saturated carbocycles. The van der Waals surface area contributed by atoms with E-state index in [1.165, 1.54) is 0 Å². The van der Waals surface area contributed by atoms with Gasteiger partial charge in [0.15, 0.2) is 5.82 Å². The van der Waals surface area contributed by atoms with Gasteiger partial charge in [-0.25, -0.2) is 0 Å². The minimum absolute atomic E-state index is 0.622. The van der Waals surface area contributed by atoms with Crippen molar-refractivity contribution in [3.63, 3.8) is 0 Å². The van der Waals surface area contributed by atoms with Crippen molar-refractivity contribution in [3.05, 3.63) is 49.8 Å². The van der Waals surface area contributed by atoms with Gasteiger partial charge in [-0.1, -0.05) is 15.9 Å². The van der Waals surface area contributed by atoms with Crippen LogP contribution in [0.5, 0.6) is 0 Å². The molecular formula is C13H8Br3N5. The van der Waals surface area contributed by atoms with Crippen LogP contribution in [0.25, 0.3) is 17.1 Å². The van der Waals surface area contributed by atoms with Crippen LogP contribution in [0.1, 0.15) is 0 Å². The Morgan fingerprint density at radius 3 is 2.48 bits per heavy atom. The van der Waals surface area contributed by atoms with Crippen LogP contribution in [0.15, 0.2) is 49.8 Å². The largest absolute Gasteiger partial charge is 0.398 e. The molecule has 3 rings (SSSR count). The second-order valence-corrected chi connectivity index (χ2v) is 6.87. The van der Waals surface area contributed by atoms with Crippen molar-refractivity contribution >= 4 is 53.5 Å². The maximum Gasteiger partial charge on any atom is 0.187 e. The molecule has 3 aromatic rings. The van der Waals surface area contributed by atoms with E-state index in [0.717, 1.165) is 24.7 Å². The Bertz CT molecular complexity index is 815. The molecule has 0 aliphatic carbocycles. The summed E-state index contributed by atoms with van der Waals surface area (Å²) in [5.74, 6) is 0.622. The summed E-state index contributed by atoms with van der Waals surface area (Å²) in [4.78, 5) is 0. The average molecular weight is 474 g/mol. The Labute approximate surface area is 145 Å². The highest BCUT2D eigenvalue weighted by Gasteiger charge is 2.14. The molecule has 0 radical (unpaired) electrons. The molecule has 1 heterocycles. The van der Waals surface area contributed by atoms with Crippen LogP contribution in [0.4, 0.5) is 5.69 Å². The summed E-state index contributed by atoms with van der Waals surface area (Å²) in [5.41, 5.74) is 8.25. The summed E-state index contributed by atoms with van der Waals surface area (Å²) in [7, 11) is 0. The van der Waals surface area contributed by atoms with Gasteiger partial charge in [-0.3, -0.25) is 0 Å². The summed E-state index contributed by atoms with van der Waals surface area (Å²) in [6.45, 7) is 0. The molecule has 0 fully saturated rings. The molecule has 0 amide bonds. The number of tetrazole rings is 1. The molecule has 0 atom stereocenters. The minimum Gasteiger partial charge on any atom is -0.398 e. The van der Waals surface area contributed by atoms with Gasteiger partial charge in [0, 0.05) is 24.7 Å². The first-order valence-corrected chi connectivity index (χ1v) is 8.23. The van der Waals surface area contributed by atoms with Crippen molar-refractivity contribution in [2.45, 2.75) is 0 Å². The Morgan fingerprint density at radius 1 is 0.952 bits per heavy atom. The van der Waals surface area contributed by atoms with Crippen LogP contribution in [0, 0.1) is 0 Å². The van der Waals surface area contributed by atoms with Crippen LogP contribution in [-0.4, -0.2) is 20.2 Å². The van der Waals surface area contributed by atoms with Crippen LogP contribution < -0.4 is 5.73 Å². The summed E-state index contributed by atoms with van der Waals surface area (Å²) in [6.07, 6.45) is 0. The normalized spacial score (nSPS) is 10.8. The van der Waals surface area contributed by atoms with E-state index in [-0.39, 0.29) is 0 Å². The highest BCUT2D eigenvalue weighted by atomic mass is 79.9. The fourth-order valence-corrected chi connectivity index (χ4v) is 3.33. The number of nitrogens with zero attached hydrogens (tertiary/aromatic N) is 4. The van der Waals surface area contributed by atoms with Crippen molar-refractivity contribution in [2.75, 3.05) is 5.73 Å². The SMILES string of the molecule is Nc1cc(-c2nnnn2-c2ccc(Br)cc2Br)ccc1Br. The third-order valence-corrected chi connectivity index (χ3v) is 4.71. The van der Waals surface area contributed by atoms with Gasteiger partial charge in [-0.15, -0.1) is 5.10 Å². The van der Waals surface area contributed by atoms with Gasteiger partial charge in [0.1, 0.15) is 0 Å². The first-order chi connectivity index (χ1) is 10.1. The molecule has 0 unspecified atom stereocenters. The van der Waals surface area contributed by atoms with Crippen molar-refractivity contribution in [1.29, 1.82) is 0 Å². The molecule has 2 N–H and O–H groups in total. The van der Waals surface area contributed by atoms with Gasteiger partial charge in [-0.2, -0.15) is 4.68 Å². The van der Waals surface area contributed by atoms with Crippen molar-refractivity contribution < 1.29 is 0 Å².